The third kappa shape index (κ3) is 4.96. The molecule has 182 valence electrons. The van der Waals surface area contributed by atoms with Crippen molar-refractivity contribution in [2.24, 2.45) is 11.8 Å². The molecule has 0 saturated carbocycles. The van der Waals surface area contributed by atoms with Gasteiger partial charge in [-0.1, -0.05) is 37.3 Å². The van der Waals surface area contributed by atoms with Crippen LogP contribution in [0.3, 0.4) is 0 Å². The lowest BCUT2D eigenvalue weighted by Crippen LogP contribution is -2.40. The second-order valence-corrected chi connectivity index (χ2v) is 11.7. The fourth-order valence-electron chi connectivity index (χ4n) is 4.95. The number of Topliss-reactive ketones (excluding diaryl/α,β-unsaturated/α-hetero) is 1. The number of ketones is 1. The molecule has 2 saturated heterocycles. The highest BCUT2D eigenvalue weighted by molar-refractivity contribution is 7.89. The van der Waals surface area contributed by atoms with Crippen molar-refractivity contribution in [2.75, 3.05) is 26.2 Å². The van der Waals surface area contributed by atoms with Gasteiger partial charge >= 0.3 is 0 Å². The van der Waals surface area contributed by atoms with Gasteiger partial charge in [-0.05, 0) is 68.7 Å². The second kappa shape index (κ2) is 10.0. The van der Waals surface area contributed by atoms with E-state index < -0.39 is 10.0 Å². The first-order chi connectivity index (χ1) is 16.2. The number of rotatable bonds is 5. The Balaban J connectivity index is 1.50. The Kier molecular flexibility index (Phi) is 7.24. The van der Waals surface area contributed by atoms with E-state index in [-0.39, 0.29) is 22.5 Å². The number of aryl methyl sites for hydroxylation is 1. The van der Waals surface area contributed by atoms with Crippen molar-refractivity contribution in [3.63, 3.8) is 0 Å². The van der Waals surface area contributed by atoms with Gasteiger partial charge in [0.2, 0.25) is 10.0 Å². The lowest BCUT2D eigenvalue weighted by atomic mass is 9.88. The summed E-state index contributed by atoms with van der Waals surface area (Å²) >= 11 is 0. The molecule has 34 heavy (non-hydrogen) atoms. The molecule has 2 aromatic rings. The van der Waals surface area contributed by atoms with Crippen LogP contribution in [0.5, 0.6) is 0 Å². The molecule has 0 radical (unpaired) electrons. The lowest BCUT2D eigenvalue weighted by molar-refractivity contribution is 0.0650. The molecule has 2 aliphatic rings. The minimum Gasteiger partial charge on any atom is -0.339 e. The smallest absolute Gasteiger partial charge is 0.253 e. The summed E-state index contributed by atoms with van der Waals surface area (Å²) in [5.74, 6) is 0.392. The molecule has 0 atom stereocenters. The van der Waals surface area contributed by atoms with Gasteiger partial charge in [0.1, 0.15) is 0 Å². The number of hydrogen-bond acceptors (Lipinski definition) is 4. The average Bonchev–Trinajstić information content (AvgIpc) is 2.85. The third-order valence-corrected chi connectivity index (χ3v) is 9.46. The summed E-state index contributed by atoms with van der Waals surface area (Å²) in [7, 11) is -3.66. The molecular weight excluding hydrogens is 448 g/mol. The Morgan fingerprint density at radius 1 is 0.853 bits per heavy atom. The Morgan fingerprint density at radius 2 is 1.47 bits per heavy atom. The van der Waals surface area contributed by atoms with Gasteiger partial charge in [0.25, 0.3) is 5.91 Å². The maximum absolute atomic E-state index is 13.4. The van der Waals surface area contributed by atoms with Crippen LogP contribution < -0.4 is 0 Å². The predicted molar refractivity (Wildman–Crippen MR) is 132 cm³/mol. The van der Waals surface area contributed by atoms with Gasteiger partial charge in [0.05, 0.1) is 4.90 Å². The highest BCUT2D eigenvalue weighted by Gasteiger charge is 2.32. The van der Waals surface area contributed by atoms with Gasteiger partial charge in [-0.2, -0.15) is 4.31 Å². The molecule has 0 aliphatic carbocycles. The van der Waals surface area contributed by atoms with E-state index >= 15 is 0 Å². The van der Waals surface area contributed by atoms with E-state index in [1.807, 2.05) is 44.2 Å². The number of likely N-dealkylation sites (tertiary alicyclic amines) is 1. The molecule has 0 spiro atoms. The molecule has 4 rings (SSSR count). The minimum atomic E-state index is -3.66. The first-order valence-electron chi connectivity index (χ1n) is 12.2. The van der Waals surface area contributed by atoms with E-state index in [0.717, 1.165) is 18.4 Å². The monoisotopic (exact) mass is 482 g/mol. The summed E-state index contributed by atoms with van der Waals surface area (Å²) in [6.45, 7) is 7.82. The molecule has 0 bridgehead atoms. The standard InChI is InChI=1S/C27H34N2O4S/c1-19-9-15-29(16-10-19)34(32,33)25-18-24(17-20(2)21(25)3)27(31)28-13-11-23(12-14-28)26(30)22-7-5-4-6-8-22/h4-8,17-19,23H,9-16H2,1-3H3. The number of hydrogen-bond donors (Lipinski definition) is 0. The Hall–Kier alpha value is -2.51. The van der Waals surface area contributed by atoms with Crippen LogP contribution in [0.1, 0.15) is 64.4 Å². The lowest BCUT2D eigenvalue weighted by Gasteiger charge is -2.32. The predicted octanol–water partition coefficient (Wildman–Crippen LogP) is 4.46. The fourth-order valence-corrected chi connectivity index (χ4v) is 6.74. The fraction of sp³-hybridized carbons (Fsp3) is 0.481. The molecule has 6 nitrogen and oxygen atoms in total. The van der Waals surface area contributed by atoms with Gasteiger partial charge < -0.3 is 4.90 Å². The van der Waals surface area contributed by atoms with Crippen LogP contribution in [0.4, 0.5) is 0 Å². The number of carbonyl (C=O) groups excluding carboxylic acids is 2. The Labute approximate surface area is 203 Å². The molecule has 2 aliphatic heterocycles. The number of nitrogens with zero attached hydrogens (tertiary/aromatic N) is 2. The van der Waals surface area contributed by atoms with Crippen molar-refractivity contribution in [3.8, 4) is 0 Å². The number of benzene rings is 2. The van der Waals surface area contributed by atoms with Crippen LogP contribution in [0.2, 0.25) is 0 Å². The summed E-state index contributed by atoms with van der Waals surface area (Å²) in [6, 6.07) is 12.6. The summed E-state index contributed by atoms with van der Waals surface area (Å²) in [6.07, 6.45) is 2.93. The zero-order valence-corrected chi connectivity index (χ0v) is 21.1. The van der Waals surface area contributed by atoms with E-state index in [9.17, 15) is 18.0 Å². The number of piperidine rings is 2. The molecule has 0 N–H and O–H groups in total. The van der Waals surface area contributed by atoms with Gasteiger partial charge in [0, 0.05) is 43.2 Å². The van der Waals surface area contributed by atoms with Crippen LogP contribution in [0.25, 0.3) is 0 Å². The van der Waals surface area contributed by atoms with Gasteiger partial charge in [-0.3, -0.25) is 9.59 Å². The van der Waals surface area contributed by atoms with E-state index in [0.29, 0.717) is 61.6 Å². The molecule has 7 heteroatoms. The normalized spacial score (nSPS) is 18.7. The molecule has 2 heterocycles. The first kappa shape index (κ1) is 24.6. The maximum atomic E-state index is 13.4. The van der Waals surface area contributed by atoms with E-state index in [4.69, 9.17) is 0 Å². The largest absolute Gasteiger partial charge is 0.339 e. The molecule has 0 aromatic heterocycles. The number of sulfonamides is 1. The third-order valence-electron chi connectivity index (χ3n) is 7.44. The van der Waals surface area contributed by atoms with Crippen LogP contribution in [0.15, 0.2) is 47.4 Å². The molecular formula is C27H34N2O4S. The van der Waals surface area contributed by atoms with Gasteiger partial charge in [0.15, 0.2) is 5.78 Å². The quantitative estimate of drug-likeness (QED) is 0.590. The van der Waals surface area contributed by atoms with E-state index in [2.05, 4.69) is 6.92 Å². The zero-order chi connectivity index (χ0) is 24.5. The van der Waals surface area contributed by atoms with Crippen molar-refractivity contribution in [3.05, 3.63) is 64.7 Å². The van der Waals surface area contributed by atoms with Crippen molar-refractivity contribution < 1.29 is 18.0 Å². The summed E-state index contributed by atoms with van der Waals surface area (Å²) < 4.78 is 28.4. The zero-order valence-electron chi connectivity index (χ0n) is 20.3. The molecule has 2 fully saturated rings. The minimum absolute atomic E-state index is 0.0939. The topological polar surface area (TPSA) is 74.8 Å². The summed E-state index contributed by atoms with van der Waals surface area (Å²) in [4.78, 5) is 28.1. The maximum Gasteiger partial charge on any atom is 0.253 e. The highest BCUT2D eigenvalue weighted by atomic mass is 32.2. The van der Waals surface area contributed by atoms with Crippen molar-refractivity contribution in [2.45, 2.75) is 51.3 Å². The molecule has 0 unspecified atom stereocenters. The van der Waals surface area contributed by atoms with Crippen LogP contribution in [-0.2, 0) is 10.0 Å². The van der Waals surface area contributed by atoms with Crippen LogP contribution in [-0.4, -0.2) is 55.5 Å². The second-order valence-electron chi connectivity index (χ2n) is 9.80. The summed E-state index contributed by atoms with van der Waals surface area (Å²) in [5, 5.41) is 0. The highest BCUT2D eigenvalue weighted by Crippen LogP contribution is 2.29. The van der Waals surface area contributed by atoms with Crippen molar-refractivity contribution in [1.29, 1.82) is 0 Å². The van der Waals surface area contributed by atoms with Crippen LogP contribution >= 0.6 is 0 Å². The first-order valence-corrected chi connectivity index (χ1v) is 13.6. The Morgan fingerprint density at radius 3 is 2.09 bits per heavy atom. The van der Waals surface area contributed by atoms with Crippen LogP contribution in [0, 0.1) is 25.7 Å². The van der Waals surface area contributed by atoms with Gasteiger partial charge in [-0.25, -0.2) is 8.42 Å². The Bertz CT molecular complexity index is 1160. The van der Waals surface area contributed by atoms with E-state index in [1.54, 1.807) is 21.3 Å². The molecule has 1 amide bonds. The number of amides is 1. The SMILES string of the molecule is Cc1cc(C(=O)N2CCC(C(=O)c3ccccc3)CC2)cc(S(=O)(=O)N2CCC(C)CC2)c1C. The van der Waals surface area contributed by atoms with Crippen molar-refractivity contribution >= 4 is 21.7 Å². The van der Waals surface area contributed by atoms with E-state index in [1.165, 1.54) is 0 Å². The van der Waals surface area contributed by atoms with Crippen molar-refractivity contribution in [1.82, 2.24) is 9.21 Å². The molecule has 2 aromatic carbocycles. The summed E-state index contributed by atoms with van der Waals surface area (Å²) in [5.41, 5.74) is 2.61. The number of carbonyl (C=O) groups is 2. The van der Waals surface area contributed by atoms with Gasteiger partial charge in [-0.15, -0.1) is 0 Å². The average molecular weight is 483 g/mol.